The first-order valence-corrected chi connectivity index (χ1v) is 9.63. The van der Waals surface area contributed by atoms with Gasteiger partial charge < -0.3 is 9.64 Å². The van der Waals surface area contributed by atoms with Crippen LogP contribution in [0, 0.1) is 0 Å². The molecule has 0 fully saturated rings. The SMILES string of the molecule is O=C(C1Cc2ccccc2O1)N(Cc1cccs1)Cc1cccs1. The molecule has 4 rings (SSSR count). The molecule has 2 aromatic heterocycles. The number of hydrogen-bond donors (Lipinski definition) is 0. The van der Waals surface area contributed by atoms with Crippen LogP contribution in [0.25, 0.3) is 0 Å². The molecular weight excluding hydrogens is 338 g/mol. The standard InChI is InChI=1S/C19H17NO2S2/c21-19(18-11-14-5-1-2-8-17(14)22-18)20(12-15-6-3-9-23-15)13-16-7-4-10-24-16/h1-10,18H,11-13H2. The van der Waals surface area contributed by atoms with Gasteiger partial charge in [-0.25, -0.2) is 0 Å². The van der Waals surface area contributed by atoms with E-state index in [4.69, 9.17) is 4.74 Å². The molecule has 0 aliphatic carbocycles. The summed E-state index contributed by atoms with van der Waals surface area (Å²) in [6, 6.07) is 16.1. The Labute approximate surface area is 149 Å². The summed E-state index contributed by atoms with van der Waals surface area (Å²) in [5.74, 6) is 0.899. The van der Waals surface area contributed by atoms with Gasteiger partial charge in [0.2, 0.25) is 0 Å². The molecule has 1 amide bonds. The van der Waals surface area contributed by atoms with Gasteiger partial charge in [0.25, 0.3) is 5.91 Å². The largest absolute Gasteiger partial charge is 0.480 e. The van der Waals surface area contributed by atoms with Gasteiger partial charge in [0.15, 0.2) is 6.10 Å². The Morgan fingerprint density at radius 3 is 2.25 bits per heavy atom. The van der Waals surface area contributed by atoms with E-state index >= 15 is 0 Å². The molecule has 0 saturated heterocycles. The number of hydrogen-bond acceptors (Lipinski definition) is 4. The van der Waals surface area contributed by atoms with Crippen LogP contribution in [0.2, 0.25) is 0 Å². The first kappa shape index (κ1) is 15.4. The van der Waals surface area contributed by atoms with Gasteiger partial charge in [0.05, 0.1) is 13.1 Å². The smallest absolute Gasteiger partial charge is 0.264 e. The molecule has 0 spiro atoms. The Morgan fingerprint density at radius 2 is 1.67 bits per heavy atom. The van der Waals surface area contributed by atoms with Crippen molar-refractivity contribution in [3.05, 3.63) is 74.6 Å². The maximum absolute atomic E-state index is 13.1. The Balaban J connectivity index is 1.53. The summed E-state index contributed by atoms with van der Waals surface area (Å²) in [6.07, 6.45) is 0.239. The van der Waals surface area contributed by atoms with Gasteiger partial charge >= 0.3 is 0 Å². The van der Waals surface area contributed by atoms with Gasteiger partial charge in [-0.2, -0.15) is 0 Å². The van der Waals surface area contributed by atoms with Gasteiger partial charge in [-0.15, -0.1) is 22.7 Å². The highest BCUT2D eigenvalue weighted by atomic mass is 32.1. The van der Waals surface area contributed by atoms with E-state index in [1.165, 1.54) is 9.75 Å². The zero-order valence-electron chi connectivity index (χ0n) is 13.1. The number of carbonyl (C=O) groups excluding carboxylic acids is 1. The monoisotopic (exact) mass is 355 g/mol. The number of thiophene rings is 2. The number of rotatable bonds is 5. The van der Waals surface area contributed by atoms with Crippen LogP contribution in [-0.2, 0) is 24.3 Å². The van der Waals surface area contributed by atoms with Crippen LogP contribution in [0.15, 0.2) is 59.3 Å². The Bertz CT molecular complexity index is 751. The van der Waals surface area contributed by atoms with Crippen molar-refractivity contribution in [1.82, 2.24) is 4.90 Å². The highest BCUT2D eigenvalue weighted by Gasteiger charge is 2.32. The normalized spacial score (nSPS) is 15.8. The molecule has 0 bridgehead atoms. The zero-order chi connectivity index (χ0) is 16.4. The fraction of sp³-hybridized carbons (Fsp3) is 0.211. The lowest BCUT2D eigenvalue weighted by Crippen LogP contribution is -2.40. The molecule has 122 valence electrons. The Kier molecular flexibility index (Phi) is 4.36. The van der Waals surface area contributed by atoms with E-state index in [1.54, 1.807) is 22.7 Å². The molecule has 0 N–H and O–H groups in total. The van der Waals surface area contributed by atoms with E-state index in [0.717, 1.165) is 11.3 Å². The molecular formula is C19H17NO2S2. The van der Waals surface area contributed by atoms with Crippen molar-refractivity contribution in [3.8, 4) is 5.75 Å². The summed E-state index contributed by atoms with van der Waals surface area (Å²) in [7, 11) is 0. The van der Waals surface area contributed by atoms with Gasteiger partial charge in [0, 0.05) is 16.2 Å². The number of fused-ring (bicyclic) bond motifs is 1. The summed E-state index contributed by atoms with van der Waals surface area (Å²) in [6.45, 7) is 1.26. The summed E-state index contributed by atoms with van der Waals surface area (Å²) < 4.78 is 5.90. The summed E-state index contributed by atoms with van der Waals surface area (Å²) >= 11 is 3.36. The van der Waals surface area contributed by atoms with Crippen molar-refractivity contribution >= 4 is 28.6 Å². The van der Waals surface area contributed by atoms with Gasteiger partial charge in [0.1, 0.15) is 5.75 Å². The second kappa shape index (κ2) is 6.79. The lowest BCUT2D eigenvalue weighted by atomic mass is 10.1. The van der Waals surface area contributed by atoms with Crippen molar-refractivity contribution < 1.29 is 9.53 Å². The molecule has 5 heteroatoms. The zero-order valence-corrected chi connectivity index (χ0v) is 14.7. The molecule has 1 aliphatic rings. The summed E-state index contributed by atoms with van der Waals surface area (Å²) in [4.78, 5) is 17.4. The third-order valence-electron chi connectivity index (χ3n) is 4.09. The number of benzene rings is 1. The Hall–Kier alpha value is -2.11. The molecule has 0 radical (unpaired) electrons. The Morgan fingerprint density at radius 1 is 1.00 bits per heavy atom. The molecule has 3 aromatic rings. The fourth-order valence-electron chi connectivity index (χ4n) is 2.92. The van der Waals surface area contributed by atoms with Crippen molar-refractivity contribution in [1.29, 1.82) is 0 Å². The molecule has 1 aliphatic heterocycles. The molecule has 0 saturated carbocycles. The van der Waals surface area contributed by atoms with Gasteiger partial charge in [-0.05, 0) is 34.5 Å². The first-order chi connectivity index (χ1) is 11.8. The van der Waals surface area contributed by atoms with Crippen molar-refractivity contribution in [2.75, 3.05) is 0 Å². The molecule has 1 unspecified atom stereocenters. The van der Waals surface area contributed by atoms with E-state index in [1.807, 2.05) is 52.1 Å². The summed E-state index contributed by atoms with van der Waals surface area (Å²) in [5.41, 5.74) is 1.11. The van der Waals surface area contributed by atoms with Crippen molar-refractivity contribution in [2.45, 2.75) is 25.6 Å². The highest BCUT2D eigenvalue weighted by Crippen LogP contribution is 2.30. The summed E-state index contributed by atoms with van der Waals surface area (Å²) in [5, 5.41) is 4.09. The fourth-order valence-corrected chi connectivity index (χ4v) is 4.36. The minimum Gasteiger partial charge on any atom is -0.480 e. The van der Waals surface area contributed by atoms with Gasteiger partial charge in [-0.1, -0.05) is 30.3 Å². The van der Waals surface area contributed by atoms with Crippen LogP contribution in [0.3, 0.4) is 0 Å². The molecule has 24 heavy (non-hydrogen) atoms. The van der Waals surface area contributed by atoms with Crippen LogP contribution in [0.1, 0.15) is 15.3 Å². The molecule has 1 atom stereocenters. The molecule has 3 nitrogen and oxygen atoms in total. The number of carbonyl (C=O) groups is 1. The first-order valence-electron chi connectivity index (χ1n) is 7.88. The predicted molar refractivity (Wildman–Crippen MR) is 97.5 cm³/mol. The number of amides is 1. The molecule has 1 aromatic carbocycles. The van der Waals surface area contributed by atoms with Gasteiger partial charge in [-0.3, -0.25) is 4.79 Å². The average Bonchev–Trinajstić information content (AvgIpc) is 3.34. The van der Waals surface area contributed by atoms with Crippen molar-refractivity contribution in [3.63, 3.8) is 0 Å². The van der Waals surface area contributed by atoms with Crippen LogP contribution < -0.4 is 4.74 Å². The van der Waals surface area contributed by atoms with E-state index in [-0.39, 0.29) is 5.91 Å². The average molecular weight is 355 g/mol. The number of ether oxygens (including phenoxy) is 1. The van der Waals surface area contributed by atoms with E-state index in [2.05, 4.69) is 12.1 Å². The third-order valence-corrected chi connectivity index (χ3v) is 5.81. The topological polar surface area (TPSA) is 29.5 Å². The van der Waals surface area contributed by atoms with Crippen molar-refractivity contribution in [2.24, 2.45) is 0 Å². The quantitative estimate of drug-likeness (QED) is 0.681. The highest BCUT2D eigenvalue weighted by molar-refractivity contribution is 7.10. The maximum Gasteiger partial charge on any atom is 0.264 e. The van der Waals surface area contributed by atoms with E-state index < -0.39 is 6.10 Å². The number of nitrogens with zero attached hydrogens (tertiary/aromatic N) is 1. The van der Waals surface area contributed by atoms with Crippen LogP contribution in [0.5, 0.6) is 5.75 Å². The maximum atomic E-state index is 13.1. The van der Waals surface area contributed by atoms with Crippen LogP contribution in [0.4, 0.5) is 0 Å². The second-order valence-corrected chi connectivity index (χ2v) is 7.84. The second-order valence-electron chi connectivity index (χ2n) is 5.77. The predicted octanol–water partition coefficient (Wildman–Crippen LogP) is 4.34. The lowest BCUT2D eigenvalue weighted by Gasteiger charge is -2.24. The minimum absolute atomic E-state index is 0.0630. The van der Waals surface area contributed by atoms with E-state index in [9.17, 15) is 4.79 Å². The van der Waals surface area contributed by atoms with Crippen LogP contribution >= 0.6 is 22.7 Å². The minimum atomic E-state index is -0.415. The third kappa shape index (κ3) is 3.23. The lowest BCUT2D eigenvalue weighted by molar-refractivity contribution is -0.139. The molecule has 3 heterocycles. The van der Waals surface area contributed by atoms with E-state index in [0.29, 0.717) is 19.5 Å². The van der Waals surface area contributed by atoms with Crippen LogP contribution in [-0.4, -0.2) is 16.9 Å². The number of para-hydroxylation sites is 1.